The van der Waals surface area contributed by atoms with Crippen LogP contribution in [-0.4, -0.2) is 59.4 Å². The van der Waals surface area contributed by atoms with Gasteiger partial charge in [-0.25, -0.2) is 9.97 Å². The Balaban J connectivity index is 1.31. The highest BCUT2D eigenvalue weighted by Gasteiger charge is 2.21. The summed E-state index contributed by atoms with van der Waals surface area (Å²) >= 11 is 1.62. The van der Waals surface area contributed by atoms with E-state index in [1.807, 2.05) is 11.4 Å². The first kappa shape index (κ1) is 19.3. The van der Waals surface area contributed by atoms with Crippen molar-refractivity contribution in [1.29, 1.82) is 0 Å². The van der Waals surface area contributed by atoms with Crippen LogP contribution < -0.4 is 15.5 Å². The summed E-state index contributed by atoms with van der Waals surface area (Å²) in [5, 5.41) is 8.73. The molecule has 8 nitrogen and oxygen atoms in total. The number of fused-ring (bicyclic) bond motifs is 1. The zero-order valence-electron chi connectivity index (χ0n) is 16.1. The highest BCUT2D eigenvalue weighted by atomic mass is 32.1. The molecule has 3 aromatic rings. The van der Waals surface area contributed by atoms with Crippen molar-refractivity contribution in [3.8, 4) is 0 Å². The molecule has 150 valence electrons. The minimum absolute atomic E-state index is 0.0688. The number of hydrogen-bond acceptors (Lipinski definition) is 7. The summed E-state index contributed by atoms with van der Waals surface area (Å²) in [6.07, 6.45) is 1.61. The van der Waals surface area contributed by atoms with Gasteiger partial charge in [0.15, 0.2) is 0 Å². The average molecular weight is 411 g/mol. The fourth-order valence-corrected chi connectivity index (χ4v) is 4.16. The van der Waals surface area contributed by atoms with Crippen molar-refractivity contribution in [2.24, 2.45) is 0 Å². The summed E-state index contributed by atoms with van der Waals surface area (Å²) in [6, 6.07) is 9.20. The molecule has 4 rings (SSSR count). The molecule has 1 aliphatic rings. The Morgan fingerprint density at radius 1 is 1.07 bits per heavy atom. The lowest BCUT2D eigenvalue weighted by molar-refractivity contribution is -0.117. The van der Waals surface area contributed by atoms with Crippen LogP contribution >= 0.6 is 11.3 Å². The monoisotopic (exact) mass is 410 g/mol. The topological polar surface area (TPSA) is 90.5 Å². The van der Waals surface area contributed by atoms with E-state index in [-0.39, 0.29) is 11.8 Å². The molecule has 1 aromatic carbocycles. The standard InChI is InChI=1S/C20H22N6O2S/c1-14(27)23-15-3-2-4-16(11-15)24-18(28)12-25-6-8-26(9-7-25)19-17-5-10-29-20(17)22-13-21-19/h2-5,10-11,13H,6-9,12H2,1H3,(H,23,27)(H,24,28). The Kier molecular flexibility index (Phi) is 5.68. The Hall–Kier alpha value is -3.04. The maximum absolute atomic E-state index is 12.4. The van der Waals surface area contributed by atoms with Crippen LogP contribution in [0.3, 0.4) is 0 Å². The van der Waals surface area contributed by atoms with Gasteiger partial charge >= 0.3 is 0 Å². The van der Waals surface area contributed by atoms with Crippen molar-refractivity contribution in [2.75, 3.05) is 48.3 Å². The molecule has 0 saturated carbocycles. The van der Waals surface area contributed by atoms with Crippen LogP contribution in [-0.2, 0) is 9.59 Å². The summed E-state index contributed by atoms with van der Waals surface area (Å²) in [6.45, 7) is 4.98. The third-order valence-corrected chi connectivity index (χ3v) is 5.57. The van der Waals surface area contributed by atoms with Crippen LogP contribution in [0.15, 0.2) is 42.0 Å². The smallest absolute Gasteiger partial charge is 0.238 e. The molecule has 0 unspecified atom stereocenters. The summed E-state index contributed by atoms with van der Waals surface area (Å²) < 4.78 is 0. The fourth-order valence-electron chi connectivity index (χ4n) is 3.43. The van der Waals surface area contributed by atoms with Crippen molar-refractivity contribution in [3.05, 3.63) is 42.0 Å². The van der Waals surface area contributed by atoms with E-state index in [2.05, 4.69) is 36.5 Å². The first-order valence-electron chi connectivity index (χ1n) is 9.41. The molecule has 1 saturated heterocycles. The number of rotatable bonds is 5. The number of benzene rings is 1. The van der Waals surface area contributed by atoms with E-state index in [9.17, 15) is 9.59 Å². The van der Waals surface area contributed by atoms with E-state index < -0.39 is 0 Å². The van der Waals surface area contributed by atoms with Crippen molar-refractivity contribution >= 4 is 50.6 Å². The number of anilines is 3. The highest BCUT2D eigenvalue weighted by Crippen LogP contribution is 2.27. The van der Waals surface area contributed by atoms with Crippen LogP contribution in [0.25, 0.3) is 10.2 Å². The van der Waals surface area contributed by atoms with Crippen LogP contribution in [0, 0.1) is 0 Å². The van der Waals surface area contributed by atoms with Crippen LogP contribution in [0.5, 0.6) is 0 Å². The van der Waals surface area contributed by atoms with E-state index in [1.54, 1.807) is 35.9 Å². The van der Waals surface area contributed by atoms with Crippen molar-refractivity contribution in [3.63, 3.8) is 0 Å². The SMILES string of the molecule is CC(=O)Nc1cccc(NC(=O)CN2CCN(c3ncnc4sccc34)CC2)c1. The minimum Gasteiger partial charge on any atom is -0.353 e. The van der Waals surface area contributed by atoms with Crippen LogP contribution in [0.2, 0.25) is 0 Å². The Morgan fingerprint density at radius 2 is 1.83 bits per heavy atom. The molecule has 3 heterocycles. The van der Waals surface area contributed by atoms with Gasteiger partial charge in [-0.2, -0.15) is 0 Å². The normalized spacial score (nSPS) is 14.7. The molecule has 2 aromatic heterocycles. The quantitative estimate of drug-likeness (QED) is 0.671. The number of thiophene rings is 1. The van der Waals surface area contributed by atoms with Gasteiger partial charge in [0.05, 0.1) is 11.9 Å². The van der Waals surface area contributed by atoms with E-state index in [4.69, 9.17) is 0 Å². The number of nitrogens with zero attached hydrogens (tertiary/aromatic N) is 4. The van der Waals surface area contributed by atoms with Crippen molar-refractivity contribution < 1.29 is 9.59 Å². The van der Waals surface area contributed by atoms with Gasteiger partial charge in [0.25, 0.3) is 0 Å². The second-order valence-corrected chi connectivity index (χ2v) is 7.80. The van der Waals surface area contributed by atoms with Gasteiger partial charge < -0.3 is 15.5 Å². The predicted octanol–water partition coefficient (Wildman–Crippen LogP) is 2.41. The van der Waals surface area contributed by atoms with Crippen LogP contribution in [0.4, 0.5) is 17.2 Å². The molecule has 2 N–H and O–H groups in total. The lowest BCUT2D eigenvalue weighted by Crippen LogP contribution is -2.49. The summed E-state index contributed by atoms with van der Waals surface area (Å²) in [4.78, 5) is 37.8. The third-order valence-electron chi connectivity index (χ3n) is 4.75. The molecule has 1 fully saturated rings. The van der Waals surface area contributed by atoms with Gasteiger partial charge in [-0.05, 0) is 29.6 Å². The number of nitrogens with one attached hydrogen (secondary N) is 2. The number of aromatic nitrogens is 2. The number of piperazine rings is 1. The Labute approximate surface area is 172 Å². The van der Waals surface area contributed by atoms with E-state index >= 15 is 0 Å². The zero-order chi connectivity index (χ0) is 20.2. The van der Waals surface area contributed by atoms with Gasteiger partial charge in [0.2, 0.25) is 11.8 Å². The molecular weight excluding hydrogens is 388 g/mol. The number of carbonyl (C=O) groups is 2. The number of carbonyl (C=O) groups excluding carboxylic acids is 2. The molecule has 2 amide bonds. The van der Waals surface area contributed by atoms with Gasteiger partial charge in [-0.1, -0.05) is 6.07 Å². The first-order chi connectivity index (χ1) is 14.1. The molecule has 0 spiro atoms. The maximum Gasteiger partial charge on any atom is 0.238 e. The predicted molar refractivity (Wildman–Crippen MR) is 115 cm³/mol. The first-order valence-corrected chi connectivity index (χ1v) is 10.3. The summed E-state index contributed by atoms with van der Waals surface area (Å²) in [7, 11) is 0. The molecule has 1 aliphatic heterocycles. The van der Waals surface area contributed by atoms with E-state index in [1.165, 1.54) is 6.92 Å². The van der Waals surface area contributed by atoms with E-state index in [0.29, 0.717) is 17.9 Å². The van der Waals surface area contributed by atoms with Crippen molar-refractivity contribution in [2.45, 2.75) is 6.92 Å². The van der Waals surface area contributed by atoms with Gasteiger partial charge in [0.1, 0.15) is 17.0 Å². The van der Waals surface area contributed by atoms with Crippen LogP contribution in [0.1, 0.15) is 6.92 Å². The zero-order valence-corrected chi connectivity index (χ0v) is 16.9. The van der Waals surface area contributed by atoms with Gasteiger partial charge in [0, 0.05) is 44.5 Å². The molecule has 0 atom stereocenters. The van der Waals surface area contributed by atoms with Crippen molar-refractivity contribution in [1.82, 2.24) is 14.9 Å². The highest BCUT2D eigenvalue weighted by molar-refractivity contribution is 7.16. The largest absolute Gasteiger partial charge is 0.353 e. The summed E-state index contributed by atoms with van der Waals surface area (Å²) in [5.74, 6) is 0.755. The molecule has 29 heavy (non-hydrogen) atoms. The van der Waals surface area contributed by atoms with Gasteiger partial charge in [-0.3, -0.25) is 14.5 Å². The maximum atomic E-state index is 12.4. The van der Waals surface area contributed by atoms with Gasteiger partial charge in [-0.15, -0.1) is 11.3 Å². The molecule has 0 radical (unpaired) electrons. The molecule has 0 bridgehead atoms. The number of hydrogen-bond donors (Lipinski definition) is 2. The Morgan fingerprint density at radius 3 is 2.59 bits per heavy atom. The summed E-state index contributed by atoms with van der Waals surface area (Å²) in [5.41, 5.74) is 1.33. The Bertz CT molecular complexity index is 1030. The van der Waals surface area contributed by atoms with E-state index in [0.717, 1.165) is 42.2 Å². The fraction of sp³-hybridized carbons (Fsp3) is 0.300. The average Bonchev–Trinajstić information content (AvgIpc) is 3.17. The molecule has 9 heteroatoms. The second kappa shape index (κ2) is 8.54. The minimum atomic E-state index is -0.144. The lowest BCUT2D eigenvalue weighted by Gasteiger charge is -2.35. The number of amides is 2. The second-order valence-electron chi connectivity index (χ2n) is 6.91. The lowest BCUT2D eigenvalue weighted by atomic mass is 10.2. The molecule has 0 aliphatic carbocycles. The third kappa shape index (κ3) is 4.69. The molecular formula is C20H22N6O2S.